The zero-order valence-electron chi connectivity index (χ0n) is 16.2. The van der Waals surface area contributed by atoms with Gasteiger partial charge in [0.15, 0.2) is 11.5 Å². The Morgan fingerprint density at radius 3 is 2.76 bits per heavy atom. The monoisotopic (exact) mass is 413 g/mol. The number of carbonyl (C=O) groups excluding carboxylic acids is 1. The summed E-state index contributed by atoms with van der Waals surface area (Å²) in [7, 11) is 1.51. The normalized spacial score (nSPS) is 11.2. The average Bonchev–Trinajstić information content (AvgIpc) is 2.70. The van der Waals surface area contributed by atoms with Crippen LogP contribution in [-0.2, 0) is 4.79 Å². The van der Waals surface area contributed by atoms with Crippen molar-refractivity contribution in [2.24, 2.45) is 0 Å². The summed E-state index contributed by atoms with van der Waals surface area (Å²) in [5.74, 6) is 0.405. The molecule has 7 nitrogen and oxygen atoms in total. The Morgan fingerprint density at radius 1 is 1.28 bits per heavy atom. The van der Waals surface area contributed by atoms with E-state index in [1.165, 1.54) is 19.5 Å². The molecular formula is C21H20ClN3O4. The summed E-state index contributed by atoms with van der Waals surface area (Å²) in [4.78, 5) is 28.8. The standard InChI is InChI=1S/C21H20ClN3O4/c1-13(2)29-20-16(22)10-14(11-18(20)28-3)8-9-19(26)24-25-12-23-17-7-5-4-6-15(17)21(25)27/h4-13H,1-3H3,(H,24,26)/b9-8+. The molecule has 0 radical (unpaired) electrons. The van der Waals surface area contributed by atoms with Crippen LogP contribution in [0.2, 0.25) is 5.02 Å². The molecule has 0 saturated heterocycles. The smallest absolute Gasteiger partial charge is 0.280 e. The second-order valence-electron chi connectivity index (χ2n) is 6.45. The number of hydrogen-bond donors (Lipinski definition) is 1. The first-order valence-corrected chi connectivity index (χ1v) is 9.26. The van der Waals surface area contributed by atoms with Crippen LogP contribution in [0.3, 0.4) is 0 Å². The number of nitrogens with zero attached hydrogens (tertiary/aromatic N) is 2. The van der Waals surface area contributed by atoms with Gasteiger partial charge < -0.3 is 9.47 Å². The van der Waals surface area contributed by atoms with Crippen molar-refractivity contribution < 1.29 is 14.3 Å². The fraction of sp³-hybridized carbons (Fsp3) is 0.190. The summed E-state index contributed by atoms with van der Waals surface area (Å²) >= 11 is 6.29. The molecule has 0 spiro atoms. The van der Waals surface area contributed by atoms with Gasteiger partial charge in [-0.05, 0) is 49.8 Å². The van der Waals surface area contributed by atoms with Crippen LogP contribution >= 0.6 is 11.6 Å². The predicted octanol–water partition coefficient (Wildman–Crippen LogP) is 3.63. The summed E-state index contributed by atoms with van der Waals surface area (Å²) in [5.41, 5.74) is 3.32. The summed E-state index contributed by atoms with van der Waals surface area (Å²) in [6, 6.07) is 10.3. The SMILES string of the molecule is COc1cc(/C=C/C(=O)Nn2cnc3ccccc3c2=O)cc(Cl)c1OC(C)C. The summed E-state index contributed by atoms with van der Waals surface area (Å²) in [5, 5.41) is 0.782. The van der Waals surface area contributed by atoms with E-state index < -0.39 is 5.91 Å². The van der Waals surface area contributed by atoms with Crippen LogP contribution in [0.1, 0.15) is 19.4 Å². The fourth-order valence-corrected chi connectivity index (χ4v) is 2.93. The highest BCUT2D eigenvalue weighted by atomic mass is 35.5. The minimum Gasteiger partial charge on any atom is -0.493 e. The van der Waals surface area contributed by atoms with Crippen molar-refractivity contribution >= 4 is 34.5 Å². The van der Waals surface area contributed by atoms with Gasteiger partial charge in [-0.15, -0.1) is 0 Å². The van der Waals surface area contributed by atoms with Gasteiger partial charge in [-0.1, -0.05) is 23.7 Å². The number of nitrogens with one attached hydrogen (secondary N) is 1. The fourth-order valence-electron chi connectivity index (χ4n) is 2.66. The molecule has 8 heteroatoms. The quantitative estimate of drug-likeness (QED) is 0.624. The second-order valence-corrected chi connectivity index (χ2v) is 6.85. The summed E-state index contributed by atoms with van der Waals surface area (Å²) in [6.45, 7) is 3.77. The van der Waals surface area contributed by atoms with Crippen LogP contribution in [0.5, 0.6) is 11.5 Å². The Morgan fingerprint density at radius 2 is 2.03 bits per heavy atom. The van der Waals surface area contributed by atoms with Gasteiger partial charge in [0.1, 0.15) is 6.33 Å². The zero-order chi connectivity index (χ0) is 21.0. The van der Waals surface area contributed by atoms with Gasteiger partial charge in [0.2, 0.25) is 0 Å². The second kappa shape index (κ2) is 8.79. The number of benzene rings is 2. The lowest BCUT2D eigenvalue weighted by atomic mass is 10.2. The molecule has 3 aromatic rings. The number of amides is 1. The molecule has 0 aliphatic heterocycles. The van der Waals surface area contributed by atoms with E-state index in [9.17, 15) is 9.59 Å². The third-order valence-corrected chi connectivity index (χ3v) is 4.21. The minimum atomic E-state index is -0.498. The molecular weight excluding hydrogens is 394 g/mol. The van der Waals surface area contributed by atoms with Gasteiger partial charge in [0.05, 0.1) is 29.1 Å². The molecule has 0 fully saturated rings. The van der Waals surface area contributed by atoms with Crippen molar-refractivity contribution in [3.63, 3.8) is 0 Å². The number of para-hydroxylation sites is 1. The maximum absolute atomic E-state index is 12.4. The Balaban J connectivity index is 1.80. The molecule has 29 heavy (non-hydrogen) atoms. The van der Waals surface area contributed by atoms with Crippen LogP contribution < -0.4 is 20.5 Å². The third-order valence-electron chi connectivity index (χ3n) is 3.93. The highest BCUT2D eigenvalue weighted by molar-refractivity contribution is 6.32. The van der Waals surface area contributed by atoms with E-state index in [1.54, 1.807) is 42.5 Å². The van der Waals surface area contributed by atoms with E-state index >= 15 is 0 Å². The average molecular weight is 414 g/mol. The van der Waals surface area contributed by atoms with E-state index in [1.807, 2.05) is 13.8 Å². The highest BCUT2D eigenvalue weighted by Gasteiger charge is 2.13. The number of rotatable bonds is 6. The first-order valence-electron chi connectivity index (χ1n) is 8.88. The van der Waals surface area contributed by atoms with E-state index in [0.717, 1.165) is 4.68 Å². The zero-order valence-corrected chi connectivity index (χ0v) is 16.9. The van der Waals surface area contributed by atoms with Gasteiger partial charge in [-0.2, -0.15) is 0 Å². The van der Waals surface area contributed by atoms with Gasteiger partial charge >= 0.3 is 0 Å². The molecule has 0 bridgehead atoms. The number of ether oxygens (including phenoxy) is 2. The summed E-state index contributed by atoms with van der Waals surface area (Å²) < 4.78 is 12.0. The Labute approximate surface area is 172 Å². The van der Waals surface area contributed by atoms with E-state index in [-0.39, 0.29) is 11.7 Å². The number of carbonyl (C=O) groups is 1. The number of hydrogen-bond acceptors (Lipinski definition) is 5. The highest BCUT2D eigenvalue weighted by Crippen LogP contribution is 2.37. The largest absolute Gasteiger partial charge is 0.493 e. The van der Waals surface area contributed by atoms with E-state index in [0.29, 0.717) is 33.0 Å². The topological polar surface area (TPSA) is 82.5 Å². The molecule has 0 unspecified atom stereocenters. The number of fused-ring (bicyclic) bond motifs is 1. The van der Waals surface area contributed by atoms with Gasteiger partial charge in [-0.25, -0.2) is 9.66 Å². The molecule has 1 heterocycles. The molecule has 0 aliphatic carbocycles. The lowest BCUT2D eigenvalue weighted by Crippen LogP contribution is -2.32. The summed E-state index contributed by atoms with van der Waals surface area (Å²) in [6.07, 6.45) is 4.05. The van der Waals surface area contributed by atoms with Crippen LogP contribution in [-0.4, -0.2) is 28.8 Å². The first-order chi connectivity index (χ1) is 13.9. The Kier molecular flexibility index (Phi) is 6.19. The Bertz CT molecular complexity index is 1140. The lowest BCUT2D eigenvalue weighted by molar-refractivity contribution is -0.112. The van der Waals surface area contributed by atoms with E-state index in [2.05, 4.69) is 10.4 Å². The van der Waals surface area contributed by atoms with Crippen LogP contribution in [0, 0.1) is 0 Å². The van der Waals surface area contributed by atoms with Crippen molar-refractivity contribution in [3.05, 3.63) is 69.7 Å². The van der Waals surface area contributed by atoms with Gasteiger partial charge in [0.25, 0.3) is 11.5 Å². The molecule has 0 aliphatic rings. The number of methoxy groups -OCH3 is 1. The van der Waals surface area contributed by atoms with Crippen molar-refractivity contribution in [1.82, 2.24) is 9.66 Å². The first kappa shape index (κ1) is 20.4. The maximum atomic E-state index is 12.4. The van der Waals surface area contributed by atoms with Crippen LogP contribution in [0.4, 0.5) is 0 Å². The van der Waals surface area contributed by atoms with Crippen molar-refractivity contribution in [2.75, 3.05) is 12.5 Å². The molecule has 3 rings (SSSR count). The maximum Gasteiger partial charge on any atom is 0.280 e. The van der Waals surface area contributed by atoms with Crippen LogP contribution in [0.25, 0.3) is 17.0 Å². The molecule has 0 saturated carbocycles. The molecule has 1 amide bonds. The molecule has 1 aromatic heterocycles. The van der Waals surface area contributed by atoms with Crippen molar-refractivity contribution in [3.8, 4) is 11.5 Å². The van der Waals surface area contributed by atoms with Crippen molar-refractivity contribution in [1.29, 1.82) is 0 Å². The molecule has 2 aromatic carbocycles. The lowest BCUT2D eigenvalue weighted by Gasteiger charge is -2.15. The number of aromatic nitrogens is 2. The van der Waals surface area contributed by atoms with E-state index in [4.69, 9.17) is 21.1 Å². The molecule has 150 valence electrons. The predicted molar refractivity (Wildman–Crippen MR) is 113 cm³/mol. The number of halogens is 1. The van der Waals surface area contributed by atoms with Gasteiger partial charge in [0, 0.05) is 6.08 Å². The van der Waals surface area contributed by atoms with Crippen LogP contribution in [0.15, 0.2) is 53.6 Å². The molecule has 1 N–H and O–H groups in total. The van der Waals surface area contributed by atoms with Gasteiger partial charge in [-0.3, -0.25) is 15.0 Å². The molecule has 0 atom stereocenters. The minimum absolute atomic E-state index is 0.0672. The third kappa shape index (κ3) is 4.75. The van der Waals surface area contributed by atoms with Crippen molar-refractivity contribution in [2.45, 2.75) is 20.0 Å². The Hall–Kier alpha value is -3.32.